The highest BCUT2D eigenvalue weighted by Gasteiger charge is 2.25. The maximum atomic E-state index is 13.6. The van der Waals surface area contributed by atoms with Crippen LogP contribution in [0.2, 0.25) is 5.02 Å². The number of para-hydroxylation sites is 1. The first-order chi connectivity index (χ1) is 14.4. The zero-order valence-electron chi connectivity index (χ0n) is 17.4. The Morgan fingerprint density at radius 3 is 2.58 bits per heavy atom. The van der Waals surface area contributed by atoms with E-state index in [4.69, 9.17) is 16.6 Å². The third-order valence-electron chi connectivity index (χ3n) is 4.83. The van der Waals surface area contributed by atoms with Gasteiger partial charge in [-0.15, -0.1) is 12.4 Å². The minimum atomic E-state index is -0.110. The molecule has 0 unspecified atom stereocenters. The number of aromatic nitrogens is 3. The summed E-state index contributed by atoms with van der Waals surface area (Å²) in [5.74, 6) is -0.110. The number of fused-ring (bicyclic) bond motifs is 1. The Morgan fingerprint density at radius 1 is 1.13 bits per heavy atom. The van der Waals surface area contributed by atoms with Gasteiger partial charge in [0.05, 0.1) is 33.4 Å². The van der Waals surface area contributed by atoms with Crippen LogP contribution in [-0.4, -0.2) is 52.8 Å². The van der Waals surface area contributed by atoms with E-state index >= 15 is 0 Å². The Morgan fingerprint density at radius 2 is 1.87 bits per heavy atom. The van der Waals surface area contributed by atoms with Crippen LogP contribution in [0.3, 0.4) is 0 Å². The summed E-state index contributed by atoms with van der Waals surface area (Å²) >= 11 is 7.60. The number of rotatable bonds is 6. The fourth-order valence-electron chi connectivity index (χ4n) is 3.18. The van der Waals surface area contributed by atoms with Gasteiger partial charge in [0, 0.05) is 18.1 Å². The van der Waals surface area contributed by atoms with Crippen molar-refractivity contribution in [2.75, 3.05) is 32.1 Å². The predicted molar refractivity (Wildman–Crippen MR) is 130 cm³/mol. The van der Waals surface area contributed by atoms with E-state index < -0.39 is 0 Å². The number of hydrogen-bond acceptors (Lipinski definition) is 5. The van der Waals surface area contributed by atoms with E-state index in [0.29, 0.717) is 28.8 Å². The van der Waals surface area contributed by atoms with E-state index in [-0.39, 0.29) is 18.3 Å². The highest BCUT2D eigenvalue weighted by Crippen LogP contribution is 2.32. The van der Waals surface area contributed by atoms with E-state index in [9.17, 15) is 4.79 Å². The molecule has 162 valence electrons. The van der Waals surface area contributed by atoms with Crippen LogP contribution in [0.25, 0.3) is 15.9 Å². The third kappa shape index (κ3) is 4.91. The van der Waals surface area contributed by atoms with Crippen molar-refractivity contribution in [3.63, 3.8) is 0 Å². The maximum absolute atomic E-state index is 13.6. The Labute approximate surface area is 196 Å². The molecule has 0 bridgehead atoms. The molecule has 4 aromatic rings. The van der Waals surface area contributed by atoms with E-state index in [2.05, 4.69) is 5.10 Å². The van der Waals surface area contributed by atoms with E-state index in [1.54, 1.807) is 15.8 Å². The Bertz CT molecular complexity index is 1190. The number of benzene rings is 2. The van der Waals surface area contributed by atoms with Crippen LogP contribution in [-0.2, 0) is 0 Å². The molecular formula is C22H23Cl2N5OS. The second-order valence-corrected chi connectivity index (χ2v) is 8.71. The molecule has 6 nitrogen and oxygen atoms in total. The van der Waals surface area contributed by atoms with Crippen molar-refractivity contribution in [1.29, 1.82) is 0 Å². The molecule has 0 radical (unpaired) electrons. The van der Waals surface area contributed by atoms with Gasteiger partial charge in [-0.05, 0) is 51.4 Å². The van der Waals surface area contributed by atoms with Crippen molar-refractivity contribution in [1.82, 2.24) is 19.7 Å². The summed E-state index contributed by atoms with van der Waals surface area (Å²) in [7, 11) is 3.97. The van der Waals surface area contributed by atoms with Crippen molar-refractivity contribution in [2.24, 2.45) is 0 Å². The SMILES string of the molecule is Cc1c(C(=O)N(CCN(C)C)c2nc3ccc(Cl)cc3s2)cnn1-c1ccccc1.Cl. The molecule has 1 amide bonds. The van der Waals surface area contributed by atoms with Crippen LogP contribution < -0.4 is 4.90 Å². The van der Waals surface area contributed by atoms with E-state index in [0.717, 1.165) is 21.6 Å². The summed E-state index contributed by atoms with van der Waals surface area (Å²) in [5.41, 5.74) is 3.11. The molecule has 0 aliphatic carbocycles. The summed E-state index contributed by atoms with van der Waals surface area (Å²) in [5, 5.41) is 5.77. The monoisotopic (exact) mass is 475 g/mol. The molecule has 9 heteroatoms. The number of carbonyl (C=O) groups is 1. The number of halogens is 2. The zero-order chi connectivity index (χ0) is 21.3. The van der Waals surface area contributed by atoms with Gasteiger partial charge in [-0.3, -0.25) is 9.69 Å². The summed E-state index contributed by atoms with van der Waals surface area (Å²) in [6.07, 6.45) is 1.64. The van der Waals surface area contributed by atoms with Crippen molar-refractivity contribution >= 4 is 56.6 Å². The Hall–Kier alpha value is -2.45. The molecule has 0 aliphatic heterocycles. The molecule has 0 saturated carbocycles. The van der Waals surface area contributed by atoms with E-state index in [1.807, 2.05) is 74.4 Å². The van der Waals surface area contributed by atoms with Crippen molar-refractivity contribution in [2.45, 2.75) is 6.92 Å². The topological polar surface area (TPSA) is 54.3 Å². The minimum absolute atomic E-state index is 0. The lowest BCUT2D eigenvalue weighted by Crippen LogP contribution is -2.37. The summed E-state index contributed by atoms with van der Waals surface area (Å²) in [4.78, 5) is 22.0. The molecule has 0 spiro atoms. The number of amides is 1. The largest absolute Gasteiger partial charge is 0.308 e. The molecular weight excluding hydrogens is 453 g/mol. The van der Waals surface area contributed by atoms with Gasteiger partial charge in [0.1, 0.15) is 0 Å². The minimum Gasteiger partial charge on any atom is -0.308 e. The Balaban J connectivity index is 0.00000272. The van der Waals surface area contributed by atoms with Crippen LogP contribution >= 0.6 is 35.3 Å². The van der Waals surface area contributed by atoms with Crippen molar-refractivity contribution < 1.29 is 4.79 Å². The number of carbonyl (C=O) groups excluding carboxylic acids is 1. The summed E-state index contributed by atoms with van der Waals surface area (Å²) < 4.78 is 2.74. The van der Waals surface area contributed by atoms with Crippen LogP contribution in [0.4, 0.5) is 5.13 Å². The van der Waals surface area contributed by atoms with Gasteiger partial charge in [-0.1, -0.05) is 41.1 Å². The van der Waals surface area contributed by atoms with Crippen LogP contribution in [0.15, 0.2) is 54.7 Å². The molecule has 0 fully saturated rings. The quantitative estimate of drug-likeness (QED) is 0.390. The second kappa shape index (κ2) is 9.78. The molecule has 2 aromatic carbocycles. The molecule has 0 atom stereocenters. The normalized spacial score (nSPS) is 11.0. The maximum Gasteiger partial charge on any atom is 0.263 e. The molecule has 2 heterocycles. The smallest absolute Gasteiger partial charge is 0.263 e. The lowest BCUT2D eigenvalue weighted by Gasteiger charge is -2.21. The first kappa shape index (κ1) is 23.2. The average Bonchev–Trinajstić information content (AvgIpc) is 3.31. The number of anilines is 1. The number of likely N-dealkylation sites (N-methyl/N-ethyl adjacent to an activating group) is 1. The average molecular weight is 476 g/mol. The van der Waals surface area contributed by atoms with Crippen LogP contribution in [0, 0.1) is 6.92 Å². The highest BCUT2D eigenvalue weighted by molar-refractivity contribution is 7.22. The van der Waals surface area contributed by atoms with Crippen molar-refractivity contribution in [3.05, 3.63) is 71.0 Å². The molecule has 4 rings (SSSR count). The summed E-state index contributed by atoms with van der Waals surface area (Å²) in [6, 6.07) is 15.4. The Kier molecular flexibility index (Phi) is 7.33. The van der Waals surface area contributed by atoms with Gasteiger partial charge in [0.15, 0.2) is 5.13 Å². The third-order valence-corrected chi connectivity index (χ3v) is 6.10. The first-order valence-corrected chi connectivity index (χ1v) is 10.8. The van der Waals surface area contributed by atoms with Gasteiger partial charge >= 0.3 is 0 Å². The fourth-order valence-corrected chi connectivity index (χ4v) is 4.45. The molecule has 0 saturated heterocycles. The second-order valence-electron chi connectivity index (χ2n) is 7.26. The fraction of sp³-hybridized carbons (Fsp3) is 0.227. The molecule has 0 aliphatic rings. The van der Waals surface area contributed by atoms with Crippen LogP contribution in [0.1, 0.15) is 16.1 Å². The lowest BCUT2D eigenvalue weighted by molar-refractivity contribution is 0.0984. The van der Waals surface area contributed by atoms with Gasteiger partial charge in [0.2, 0.25) is 0 Å². The van der Waals surface area contributed by atoms with E-state index in [1.165, 1.54) is 11.3 Å². The number of nitrogens with zero attached hydrogens (tertiary/aromatic N) is 5. The van der Waals surface area contributed by atoms with Crippen molar-refractivity contribution in [3.8, 4) is 5.69 Å². The summed E-state index contributed by atoms with van der Waals surface area (Å²) in [6.45, 7) is 3.15. The van der Waals surface area contributed by atoms with Gasteiger partial charge in [-0.25, -0.2) is 9.67 Å². The molecule has 0 N–H and O–H groups in total. The van der Waals surface area contributed by atoms with Gasteiger partial charge < -0.3 is 4.90 Å². The molecule has 31 heavy (non-hydrogen) atoms. The number of thiazole rings is 1. The number of hydrogen-bond donors (Lipinski definition) is 0. The highest BCUT2D eigenvalue weighted by atomic mass is 35.5. The lowest BCUT2D eigenvalue weighted by atomic mass is 10.2. The van der Waals surface area contributed by atoms with Gasteiger partial charge in [0.25, 0.3) is 5.91 Å². The standard InChI is InChI=1S/C22H22ClN5OS.ClH/c1-15-18(14-24-28(15)17-7-5-4-6-8-17)21(29)27(12-11-26(2)3)22-25-19-10-9-16(23)13-20(19)30-22;/h4-10,13-14H,11-12H2,1-3H3;1H. The van der Waals surface area contributed by atoms with Gasteiger partial charge in [-0.2, -0.15) is 5.10 Å². The van der Waals surface area contributed by atoms with Crippen LogP contribution in [0.5, 0.6) is 0 Å². The molecule has 2 aromatic heterocycles. The zero-order valence-corrected chi connectivity index (χ0v) is 19.8. The first-order valence-electron chi connectivity index (χ1n) is 9.57. The predicted octanol–water partition coefficient (Wildman–Crippen LogP) is 5.07.